The van der Waals surface area contributed by atoms with Gasteiger partial charge in [0, 0.05) is 22.8 Å². The summed E-state index contributed by atoms with van der Waals surface area (Å²) in [6, 6.07) is 44.1. The first kappa shape index (κ1) is 24.3. The van der Waals surface area contributed by atoms with E-state index in [1.54, 1.807) is 17.5 Å². The molecule has 7 rings (SSSR count). The summed E-state index contributed by atoms with van der Waals surface area (Å²) in [6.07, 6.45) is 3.69. The molecule has 38 heavy (non-hydrogen) atoms. The smallest absolute Gasteiger partial charge is 0.320 e. The fourth-order valence-corrected chi connectivity index (χ4v) is 5.87. The van der Waals surface area contributed by atoms with Crippen molar-refractivity contribution in [1.82, 2.24) is 14.8 Å². The van der Waals surface area contributed by atoms with Gasteiger partial charge in [-0.15, -0.1) is 42.0 Å². The maximum atomic E-state index is 5.17. The summed E-state index contributed by atoms with van der Waals surface area (Å²) in [6.45, 7) is 0. The molecule has 3 aromatic heterocycles. The first-order chi connectivity index (χ1) is 18.3. The predicted octanol–water partition coefficient (Wildman–Crippen LogP) is 8.37. The number of aromatic nitrogens is 3. The van der Waals surface area contributed by atoms with E-state index in [2.05, 4.69) is 76.7 Å². The summed E-state index contributed by atoms with van der Waals surface area (Å²) in [5.74, 6) is 0.809. The Hall–Kier alpha value is -4.05. The van der Waals surface area contributed by atoms with E-state index >= 15 is 0 Å². The van der Waals surface area contributed by atoms with Gasteiger partial charge in [0.2, 0.25) is 0 Å². The predicted molar refractivity (Wildman–Crippen MR) is 152 cm³/mol. The van der Waals surface area contributed by atoms with Crippen LogP contribution < -0.4 is 4.90 Å². The van der Waals surface area contributed by atoms with Crippen LogP contribution in [0.25, 0.3) is 37.1 Å². The summed E-state index contributed by atoms with van der Waals surface area (Å²) in [7, 11) is 0. The van der Waals surface area contributed by atoms with Crippen molar-refractivity contribution in [2.45, 2.75) is 0 Å². The molecule has 0 fully saturated rings. The number of anilines is 3. The van der Waals surface area contributed by atoms with Crippen LogP contribution in [0.1, 0.15) is 0 Å². The van der Waals surface area contributed by atoms with Crippen molar-refractivity contribution in [3.05, 3.63) is 134 Å². The second kappa shape index (κ2) is 10.4. The first-order valence-corrected chi connectivity index (χ1v) is 12.8. The van der Waals surface area contributed by atoms with E-state index in [0.29, 0.717) is 0 Å². The van der Waals surface area contributed by atoms with Gasteiger partial charge in [0.1, 0.15) is 5.82 Å². The third-order valence-electron chi connectivity index (χ3n) is 6.33. The molecule has 0 bridgehead atoms. The molecule has 0 aliphatic heterocycles. The fraction of sp³-hybridized carbons (Fsp3) is 0. The molecule has 184 valence electrons. The Morgan fingerprint density at radius 2 is 1.61 bits per heavy atom. The molecule has 0 aliphatic rings. The van der Waals surface area contributed by atoms with Gasteiger partial charge in [-0.2, -0.15) is 22.5 Å². The van der Waals surface area contributed by atoms with Crippen LogP contribution in [0.5, 0.6) is 0 Å². The minimum atomic E-state index is 0. The average Bonchev–Trinajstić information content (AvgIpc) is 3.63. The Labute approximate surface area is 239 Å². The zero-order valence-corrected chi connectivity index (χ0v) is 23.1. The topological polar surface area (TPSA) is 34.0 Å². The maximum Gasteiger partial charge on any atom is 2.00 e. The molecule has 4 nitrogen and oxygen atoms in total. The van der Waals surface area contributed by atoms with Gasteiger partial charge in [-0.1, -0.05) is 59.6 Å². The summed E-state index contributed by atoms with van der Waals surface area (Å²) < 4.78 is 4.28. The number of benzene rings is 4. The monoisotopic (exact) mass is 687 g/mol. The largest absolute Gasteiger partial charge is 2.00 e. The van der Waals surface area contributed by atoms with Crippen LogP contribution in [-0.2, 0) is 21.1 Å². The second-order valence-corrected chi connectivity index (χ2v) is 9.67. The molecule has 0 saturated heterocycles. The number of rotatable bonds is 5. The molecule has 0 spiro atoms. The SMILES string of the molecule is [Pt+2].[c-]1c(N(c2ccccc2)c2cccc(-c3[c-]ccc4c3sc3ccccc34)n2)cccc1-n1cccn1. The molecule has 0 unspecified atom stereocenters. The summed E-state index contributed by atoms with van der Waals surface area (Å²) in [4.78, 5) is 7.29. The molecule has 6 heteroatoms. The number of pyridine rings is 1. The van der Waals surface area contributed by atoms with Crippen molar-refractivity contribution in [3.8, 4) is 16.9 Å². The van der Waals surface area contributed by atoms with Crippen LogP contribution in [0, 0.1) is 12.1 Å². The second-order valence-electron chi connectivity index (χ2n) is 8.62. The molecule has 3 heterocycles. The molecule has 0 atom stereocenters. The van der Waals surface area contributed by atoms with E-state index in [0.717, 1.165) is 34.1 Å². The fourth-order valence-electron chi connectivity index (χ4n) is 4.66. The van der Waals surface area contributed by atoms with Crippen LogP contribution in [0.3, 0.4) is 0 Å². The quantitative estimate of drug-likeness (QED) is 0.171. The molecule has 4 aromatic carbocycles. The molecule has 0 saturated carbocycles. The van der Waals surface area contributed by atoms with Gasteiger partial charge in [0.05, 0.1) is 0 Å². The van der Waals surface area contributed by atoms with Crippen molar-refractivity contribution < 1.29 is 21.1 Å². The van der Waals surface area contributed by atoms with Crippen molar-refractivity contribution in [1.29, 1.82) is 0 Å². The van der Waals surface area contributed by atoms with E-state index in [-0.39, 0.29) is 21.1 Å². The third-order valence-corrected chi connectivity index (χ3v) is 7.53. The number of hydrogen-bond acceptors (Lipinski definition) is 4. The summed E-state index contributed by atoms with van der Waals surface area (Å²) in [5, 5.41) is 6.89. The Morgan fingerprint density at radius 3 is 2.47 bits per heavy atom. The molecule has 7 aromatic rings. The normalized spacial score (nSPS) is 10.9. The molecule has 0 N–H and O–H groups in total. The molecule has 0 aliphatic carbocycles. The van der Waals surface area contributed by atoms with E-state index < -0.39 is 0 Å². The van der Waals surface area contributed by atoms with Crippen LogP contribution >= 0.6 is 11.3 Å². The Morgan fingerprint density at radius 1 is 0.763 bits per heavy atom. The van der Waals surface area contributed by atoms with Gasteiger partial charge in [-0.3, -0.25) is 9.67 Å². The van der Waals surface area contributed by atoms with E-state index in [1.807, 2.05) is 65.5 Å². The number of para-hydroxylation sites is 1. The van der Waals surface area contributed by atoms with Crippen molar-refractivity contribution in [2.75, 3.05) is 4.90 Å². The zero-order chi connectivity index (χ0) is 24.6. The van der Waals surface area contributed by atoms with Gasteiger partial charge in [-0.25, -0.2) is 0 Å². The van der Waals surface area contributed by atoms with Crippen LogP contribution in [0.2, 0.25) is 0 Å². The third kappa shape index (κ3) is 4.34. The van der Waals surface area contributed by atoms with Gasteiger partial charge in [0.25, 0.3) is 0 Å². The van der Waals surface area contributed by atoms with Crippen LogP contribution in [-0.4, -0.2) is 14.8 Å². The first-order valence-electron chi connectivity index (χ1n) is 12.0. The summed E-state index contributed by atoms with van der Waals surface area (Å²) >= 11 is 1.79. The standard InChI is InChI=1S/C32H20N4S.Pt/c1-2-10-23(11-3-1)36(25-13-6-12-24(22-25)35-21-9-20-33-35)31-19-8-17-29(34-31)28-16-7-15-27-26-14-4-5-18-30(26)37-32(27)28;/h1-15,17-21H;/q-2;+2. The molecule has 0 radical (unpaired) electrons. The number of thiophene rings is 1. The van der Waals surface area contributed by atoms with Crippen molar-refractivity contribution in [3.63, 3.8) is 0 Å². The average molecular weight is 688 g/mol. The van der Waals surface area contributed by atoms with Gasteiger partial charge in [0.15, 0.2) is 0 Å². The van der Waals surface area contributed by atoms with Crippen molar-refractivity contribution >= 4 is 48.7 Å². The minimum absolute atomic E-state index is 0. The van der Waals surface area contributed by atoms with Gasteiger partial charge >= 0.3 is 21.1 Å². The van der Waals surface area contributed by atoms with Gasteiger partial charge in [-0.05, 0) is 51.8 Å². The maximum absolute atomic E-state index is 5.17. The van der Waals surface area contributed by atoms with E-state index in [4.69, 9.17) is 4.98 Å². The molecular weight excluding hydrogens is 668 g/mol. The van der Waals surface area contributed by atoms with Gasteiger partial charge < -0.3 is 4.90 Å². The number of nitrogens with zero attached hydrogens (tertiary/aromatic N) is 4. The number of fused-ring (bicyclic) bond motifs is 3. The zero-order valence-electron chi connectivity index (χ0n) is 20.1. The molecule has 0 amide bonds. The number of hydrogen-bond donors (Lipinski definition) is 0. The van der Waals surface area contributed by atoms with Crippen molar-refractivity contribution in [2.24, 2.45) is 0 Å². The Bertz CT molecular complexity index is 1840. The summed E-state index contributed by atoms with van der Waals surface area (Å²) in [5.41, 5.74) is 4.66. The minimum Gasteiger partial charge on any atom is -0.320 e. The molecular formula is C32H20N4PtS. The Balaban J connectivity index is 0.00000264. The van der Waals surface area contributed by atoms with Crippen LogP contribution in [0.4, 0.5) is 17.2 Å². The van der Waals surface area contributed by atoms with E-state index in [1.165, 1.54) is 20.2 Å². The Kier molecular flexibility index (Phi) is 6.63. The van der Waals surface area contributed by atoms with E-state index in [9.17, 15) is 0 Å². The van der Waals surface area contributed by atoms with Crippen LogP contribution in [0.15, 0.2) is 122 Å².